The molecule has 1 aliphatic heterocycles. The molecule has 0 aromatic carbocycles. The summed E-state index contributed by atoms with van der Waals surface area (Å²) in [4.78, 5) is 26.0. The van der Waals surface area contributed by atoms with Crippen molar-refractivity contribution in [2.45, 2.75) is 26.7 Å². The first kappa shape index (κ1) is 16.0. The fraction of sp³-hybridized carbons (Fsp3) is 0.500. The number of nitrogens with one attached hydrogen (secondary N) is 2. The van der Waals surface area contributed by atoms with E-state index in [4.69, 9.17) is 0 Å². The second-order valence-corrected chi connectivity index (χ2v) is 7.25. The standard InChI is InChI=1S/C16H21N5OS/c1-11-12(23-15(21-11)13-18-6-3-7-19-13)14(22)20-10-16(2)4-8-17-9-5-16/h3,6-7,17H,4-5,8-10H2,1-2H3,(H,20,22). The number of carbonyl (C=O) groups is 1. The second kappa shape index (κ2) is 6.72. The molecule has 0 unspecified atom stereocenters. The minimum Gasteiger partial charge on any atom is -0.351 e. The van der Waals surface area contributed by atoms with Gasteiger partial charge in [0.2, 0.25) is 0 Å². The summed E-state index contributed by atoms with van der Waals surface area (Å²) in [6.07, 6.45) is 5.52. The lowest BCUT2D eigenvalue weighted by Crippen LogP contribution is -2.42. The first-order valence-corrected chi connectivity index (χ1v) is 8.63. The maximum Gasteiger partial charge on any atom is 0.263 e. The van der Waals surface area contributed by atoms with Crippen LogP contribution in [-0.2, 0) is 0 Å². The van der Waals surface area contributed by atoms with Crippen LogP contribution >= 0.6 is 11.3 Å². The van der Waals surface area contributed by atoms with Crippen molar-refractivity contribution in [3.8, 4) is 10.8 Å². The van der Waals surface area contributed by atoms with Crippen molar-refractivity contribution < 1.29 is 4.79 Å². The molecule has 0 radical (unpaired) electrons. The zero-order chi connectivity index (χ0) is 16.3. The number of hydrogen-bond acceptors (Lipinski definition) is 6. The summed E-state index contributed by atoms with van der Waals surface area (Å²) in [6.45, 7) is 6.81. The van der Waals surface area contributed by atoms with Crippen LogP contribution in [0, 0.1) is 12.3 Å². The molecule has 3 rings (SSSR count). The van der Waals surface area contributed by atoms with E-state index < -0.39 is 0 Å². The highest BCUT2D eigenvalue weighted by atomic mass is 32.1. The topological polar surface area (TPSA) is 79.8 Å². The van der Waals surface area contributed by atoms with Gasteiger partial charge in [0.15, 0.2) is 10.8 Å². The SMILES string of the molecule is Cc1nc(-c2ncccn2)sc1C(=O)NCC1(C)CCNCC1. The van der Waals surface area contributed by atoms with Crippen molar-refractivity contribution in [3.63, 3.8) is 0 Å². The zero-order valence-electron chi connectivity index (χ0n) is 13.4. The second-order valence-electron chi connectivity index (χ2n) is 6.25. The molecule has 122 valence electrons. The average molecular weight is 331 g/mol. The summed E-state index contributed by atoms with van der Waals surface area (Å²) in [5.74, 6) is 0.506. The molecule has 1 amide bonds. The number of aryl methyl sites for hydroxylation is 1. The molecule has 2 aromatic heterocycles. The molecule has 0 bridgehead atoms. The van der Waals surface area contributed by atoms with Crippen molar-refractivity contribution in [2.24, 2.45) is 5.41 Å². The lowest BCUT2D eigenvalue weighted by molar-refractivity contribution is 0.0925. The number of carbonyl (C=O) groups excluding carboxylic acids is 1. The largest absolute Gasteiger partial charge is 0.351 e. The molecular weight excluding hydrogens is 310 g/mol. The number of thiazole rings is 1. The number of amides is 1. The predicted molar refractivity (Wildman–Crippen MR) is 90.4 cm³/mol. The molecular formula is C16H21N5OS. The first-order valence-electron chi connectivity index (χ1n) is 7.81. The Kier molecular flexibility index (Phi) is 4.68. The minimum atomic E-state index is -0.0538. The van der Waals surface area contributed by atoms with Crippen molar-refractivity contribution in [3.05, 3.63) is 29.0 Å². The third-order valence-electron chi connectivity index (χ3n) is 4.25. The molecule has 0 aliphatic carbocycles. The number of rotatable bonds is 4. The first-order chi connectivity index (χ1) is 11.1. The molecule has 1 saturated heterocycles. The van der Waals surface area contributed by atoms with Crippen LogP contribution < -0.4 is 10.6 Å². The highest BCUT2D eigenvalue weighted by molar-refractivity contribution is 7.17. The Hall–Kier alpha value is -1.86. The molecule has 2 aromatic rings. The smallest absolute Gasteiger partial charge is 0.263 e. The third kappa shape index (κ3) is 3.73. The van der Waals surface area contributed by atoms with Gasteiger partial charge in [0.25, 0.3) is 5.91 Å². The Bertz CT molecular complexity index is 679. The molecule has 6 nitrogen and oxygen atoms in total. The zero-order valence-corrected chi connectivity index (χ0v) is 14.2. The summed E-state index contributed by atoms with van der Waals surface area (Å²) < 4.78 is 0. The number of aromatic nitrogens is 3. The van der Waals surface area contributed by atoms with Gasteiger partial charge >= 0.3 is 0 Å². The van der Waals surface area contributed by atoms with Gasteiger partial charge in [-0.3, -0.25) is 4.79 Å². The summed E-state index contributed by atoms with van der Waals surface area (Å²) in [7, 11) is 0. The molecule has 0 atom stereocenters. The van der Waals surface area contributed by atoms with Crippen LogP contribution in [0.4, 0.5) is 0 Å². The van der Waals surface area contributed by atoms with E-state index >= 15 is 0 Å². The maximum atomic E-state index is 12.5. The van der Waals surface area contributed by atoms with Crippen molar-refractivity contribution >= 4 is 17.2 Å². The molecule has 0 saturated carbocycles. The van der Waals surface area contributed by atoms with Crippen molar-refractivity contribution in [1.29, 1.82) is 0 Å². The van der Waals surface area contributed by atoms with Gasteiger partial charge < -0.3 is 10.6 Å². The highest BCUT2D eigenvalue weighted by Gasteiger charge is 2.28. The van der Waals surface area contributed by atoms with E-state index in [0.29, 0.717) is 22.3 Å². The van der Waals surface area contributed by atoms with Gasteiger partial charge in [-0.25, -0.2) is 15.0 Å². The van der Waals surface area contributed by atoms with Gasteiger partial charge in [-0.2, -0.15) is 0 Å². The van der Waals surface area contributed by atoms with Gasteiger partial charge in [-0.15, -0.1) is 11.3 Å². The van der Waals surface area contributed by atoms with Crippen LogP contribution in [0.15, 0.2) is 18.5 Å². The lowest BCUT2D eigenvalue weighted by atomic mass is 9.81. The predicted octanol–water partition coefficient (Wildman–Crippen LogP) is 2.03. The number of nitrogens with zero attached hydrogens (tertiary/aromatic N) is 3. The molecule has 1 aliphatic rings. The van der Waals surface area contributed by atoms with Crippen molar-refractivity contribution in [2.75, 3.05) is 19.6 Å². The van der Waals surface area contributed by atoms with Crippen LogP contribution in [0.1, 0.15) is 35.1 Å². The lowest BCUT2D eigenvalue weighted by Gasteiger charge is -2.34. The summed E-state index contributed by atoms with van der Waals surface area (Å²) >= 11 is 1.35. The van der Waals surface area contributed by atoms with Gasteiger partial charge in [-0.05, 0) is 44.3 Å². The number of piperidine rings is 1. The van der Waals surface area contributed by atoms with E-state index in [1.807, 2.05) is 6.92 Å². The monoisotopic (exact) mass is 331 g/mol. The molecule has 2 N–H and O–H groups in total. The molecule has 23 heavy (non-hydrogen) atoms. The summed E-state index contributed by atoms with van der Waals surface area (Å²) in [6, 6.07) is 1.76. The van der Waals surface area contributed by atoms with Crippen molar-refractivity contribution in [1.82, 2.24) is 25.6 Å². The van der Waals surface area contributed by atoms with E-state index in [0.717, 1.165) is 31.6 Å². The van der Waals surface area contributed by atoms with E-state index in [1.54, 1.807) is 18.5 Å². The van der Waals surface area contributed by atoms with Gasteiger partial charge in [-0.1, -0.05) is 6.92 Å². The maximum absolute atomic E-state index is 12.5. The molecule has 1 fully saturated rings. The average Bonchev–Trinajstić information content (AvgIpc) is 2.96. The van der Waals surface area contributed by atoms with E-state index in [2.05, 4.69) is 32.5 Å². The normalized spacial score (nSPS) is 17.0. The molecule has 3 heterocycles. The Labute approximate surface area is 139 Å². The van der Waals surface area contributed by atoms with Crippen LogP contribution in [0.25, 0.3) is 10.8 Å². The molecule has 7 heteroatoms. The summed E-state index contributed by atoms with van der Waals surface area (Å²) in [5.41, 5.74) is 0.899. The Morgan fingerprint density at radius 2 is 2.04 bits per heavy atom. The van der Waals surface area contributed by atoms with E-state index in [-0.39, 0.29) is 11.3 Å². The van der Waals surface area contributed by atoms with Gasteiger partial charge in [0.1, 0.15) is 4.88 Å². The van der Waals surface area contributed by atoms with Crippen LogP contribution in [-0.4, -0.2) is 40.5 Å². The van der Waals surface area contributed by atoms with Gasteiger partial charge in [0.05, 0.1) is 5.69 Å². The van der Waals surface area contributed by atoms with E-state index in [1.165, 1.54) is 11.3 Å². The Morgan fingerprint density at radius 3 is 2.74 bits per heavy atom. The highest BCUT2D eigenvalue weighted by Crippen LogP contribution is 2.28. The Balaban J connectivity index is 1.69. The third-order valence-corrected chi connectivity index (χ3v) is 5.40. The minimum absolute atomic E-state index is 0.0538. The fourth-order valence-corrected chi connectivity index (χ4v) is 3.62. The van der Waals surface area contributed by atoms with Gasteiger partial charge in [0, 0.05) is 18.9 Å². The van der Waals surface area contributed by atoms with Crippen LogP contribution in [0.2, 0.25) is 0 Å². The molecule has 0 spiro atoms. The Morgan fingerprint density at radius 1 is 1.35 bits per heavy atom. The number of hydrogen-bond donors (Lipinski definition) is 2. The summed E-state index contributed by atoms with van der Waals surface area (Å²) in [5, 5.41) is 7.11. The van der Waals surface area contributed by atoms with Crippen LogP contribution in [0.3, 0.4) is 0 Å². The van der Waals surface area contributed by atoms with Crippen LogP contribution in [0.5, 0.6) is 0 Å². The quantitative estimate of drug-likeness (QED) is 0.896. The van der Waals surface area contributed by atoms with E-state index in [9.17, 15) is 4.79 Å². The fourth-order valence-electron chi connectivity index (χ4n) is 2.69.